The van der Waals surface area contributed by atoms with Crippen LogP contribution in [0.25, 0.3) is 0 Å². The van der Waals surface area contributed by atoms with Crippen LogP contribution >= 0.6 is 24.0 Å². The Bertz CT molecular complexity index is 564. The number of aliphatic imine (C=N–C) groups is 1. The predicted octanol–water partition coefficient (Wildman–Crippen LogP) is 1.97. The van der Waals surface area contributed by atoms with Gasteiger partial charge in [0.15, 0.2) is 5.96 Å². The Labute approximate surface area is 148 Å². The summed E-state index contributed by atoms with van der Waals surface area (Å²) in [7, 11) is 0. The van der Waals surface area contributed by atoms with Crippen LogP contribution in [0.3, 0.4) is 0 Å². The molecule has 6 heteroatoms. The van der Waals surface area contributed by atoms with Crippen LogP contribution in [-0.2, 0) is 4.79 Å². The summed E-state index contributed by atoms with van der Waals surface area (Å²) < 4.78 is 0. The van der Waals surface area contributed by atoms with Gasteiger partial charge in [-0.25, -0.2) is 4.99 Å². The van der Waals surface area contributed by atoms with Crippen LogP contribution in [0.4, 0.5) is 5.69 Å². The van der Waals surface area contributed by atoms with Crippen molar-refractivity contribution in [3.63, 3.8) is 0 Å². The van der Waals surface area contributed by atoms with Crippen molar-refractivity contribution in [2.45, 2.75) is 6.92 Å². The molecular weight excluding hydrogens is 391 g/mol. The van der Waals surface area contributed by atoms with Gasteiger partial charge in [-0.05, 0) is 25.1 Å². The molecule has 0 aliphatic rings. The van der Waals surface area contributed by atoms with Crippen molar-refractivity contribution in [1.29, 1.82) is 0 Å². The Morgan fingerprint density at radius 2 is 2.23 bits per heavy atom. The summed E-state index contributed by atoms with van der Waals surface area (Å²) in [5.41, 5.74) is 1.38. The zero-order valence-corrected chi connectivity index (χ0v) is 14.9. The molecule has 0 bridgehead atoms. The molecule has 1 aromatic rings. The third kappa shape index (κ3) is 7.69. The fourth-order valence-corrected chi connectivity index (χ4v) is 1.55. The molecule has 0 radical (unpaired) electrons. The zero-order valence-electron chi connectivity index (χ0n) is 12.6. The highest BCUT2D eigenvalue weighted by Gasteiger charge is 2.03. The lowest BCUT2D eigenvalue weighted by Crippen LogP contribution is -2.38. The van der Waals surface area contributed by atoms with E-state index in [1.54, 1.807) is 30.3 Å². The van der Waals surface area contributed by atoms with Gasteiger partial charge >= 0.3 is 0 Å². The van der Waals surface area contributed by atoms with Crippen molar-refractivity contribution in [3.8, 4) is 12.3 Å². The van der Waals surface area contributed by atoms with Gasteiger partial charge in [-0.2, -0.15) is 0 Å². The summed E-state index contributed by atoms with van der Waals surface area (Å²) in [6, 6.07) is 7.12. The van der Waals surface area contributed by atoms with Gasteiger partial charge in [0.2, 0.25) is 5.91 Å². The Hall–Kier alpha value is -2.01. The van der Waals surface area contributed by atoms with Crippen molar-refractivity contribution in [3.05, 3.63) is 42.5 Å². The number of halogens is 1. The van der Waals surface area contributed by atoms with Crippen LogP contribution in [0.15, 0.2) is 41.9 Å². The second-order valence-corrected chi connectivity index (χ2v) is 4.14. The summed E-state index contributed by atoms with van der Waals surface area (Å²) in [5.74, 6) is 2.89. The van der Waals surface area contributed by atoms with Gasteiger partial charge in [0.1, 0.15) is 6.54 Å². The lowest BCUT2D eigenvalue weighted by Gasteiger charge is -2.09. The minimum absolute atomic E-state index is 0. The van der Waals surface area contributed by atoms with Crippen LogP contribution in [-0.4, -0.2) is 31.5 Å². The van der Waals surface area contributed by atoms with Gasteiger partial charge in [0, 0.05) is 24.3 Å². The van der Waals surface area contributed by atoms with E-state index >= 15 is 0 Å². The number of hydrogen-bond donors (Lipinski definition) is 3. The molecule has 3 N–H and O–H groups in total. The second kappa shape index (κ2) is 11.6. The maximum absolute atomic E-state index is 11.8. The molecule has 0 aromatic heterocycles. The molecule has 0 atom stereocenters. The summed E-state index contributed by atoms with van der Waals surface area (Å²) in [6.07, 6.45) is 7.04. The summed E-state index contributed by atoms with van der Waals surface area (Å²) in [5, 5.41) is 8.81. The number of anilines is 1. The first-order valence-electron chi connectivity index (χ1n) is 6.69. The standard InChI is InChI=1S/C16H20N4O.HI/c1-4-10-18-16(17-6-3)19-12-15(21)20-14-9-7-8-13(5-2)11-14;/h2,4,7-9,11H,1,6,10,12H2,3H3,(H,20,21)(H2,17,18,19);1H. The third-order valence-corrected chi connectivity index (χ3v) is 2.45. The quantitative estimate of drug-likeness (QED) is 0.220. The molecule has 0 unspecified atom stereocenters. The van der Waals surface area contributed by atoms with E-state index in [4.69, 9.17) is 6.42 Å². The number of hydrogen-bond acceptors (Lipinski definition) is 2. The summed E-state index contributed by atoms with van der Waals surface area (Å²) >= 11 is 0. The van der Waals surface area contributed by atoms with Gasteiger partial charge in [-0.15, -0.1) is 37.0 Å². The average molecular weight is 412 g/mol. The number of benzene rings is 1. The SMILES string of the molecule is C#Cc1cccc(NC(=O)CN=C(NCC)NCC=C)c1.I. The molecule has 1 aromatic carbocycles. The van der Waals surface area contributed by atoms with Crippen LogP contribution in [0.5, 0.6) is 0 Å². The van der Waals surface area contributed by atoms with E-state index in [-0.39, 0.29) is 36.4 Å². The molecule has 0 aliphatic carbocycles. The first kappa shape index (κ1) is 20.0. The molecule has 0 saturated carbocycles. The normalized spacial score (nSPS) is 9.91. The minimum Gasteiger partial charge on any atom is -0.357 e. The minimum atomic E-state index is -0.208. The topological polar surface area (TPSA) is 65.5 Å². The number of rotatable bonds is 6. The predicted molar refractivity (Wildman–Crippen MR) is 103 cm³/mol. The van der Waals surface area contributed by atoms with Crippen molar-refractivity contribution in [2.24, 2.45) is 4.99 Å². The van der Waals surface area contributed by atoms with Gasteiger partial charge in [0.05, 0.1) is 0 Å². The third-order valence-electron chi connectivity index (χ3n) is 2.45. The van der Waals surface area contributed by atoms with E-state index in [2.05, 4.69) is 33.4 Å². The smallest absolute Gasteiger partial charge is 0.246 e. The highest BCUT2D eigenvalue weighted by atomic mass is 127. The molecule has 0 spiro atoms. The van der Waals surface area contributed by atoms with E-state index in [9.17, 15) is 4.79 Å². The molecule has 0 saturated heterocycles. The molecule has 22 heavy (non-hydrogen) atoms. The number of terminal acetylenes is 1. The lowest BCUT2D eigenvalue weighted by molar-refractivity contribution is -0.114. The highest BCUT2D eigenvalue weighted by molar-refractivity contribution is 14.0. The molecule has 118 valence electrons. The van der Waals surface area contributed by atoms with Crippen molar-refractivity contribution in [1.82, 2.24) is 10.6 Å². The van der Waals surface area contributed by atoms with Crippen LogP contribution in [0.1, 0.15) is 12.5 Å². The molecule has 0 fully saturated rings. The van der Waals surface area contributed by atoms with Gasteiger partial charge in [-0.1, -0.05) is 18.1 Å². The maximum Gasteiger partial charge on any atom is 0.246 e. The number of carbonyl (C=O) groups is 1. The van der Waals surface area contributed by atoms with Crippen molar-refractivity contribution >= 4 is 41.5 Å². The number of nitrogens with zero attached hydrogens (tertiary/aromatic N) is 1. The number of carbonyl (C=O) groups excluding carboxylic acids is 1. The summed E-state index contributed by atoms with van der Waals surface area (Å²) in [6.45, 7) is 6.89. The number of amides is 1. The Morgan fingerprint density at radius 3 is 2.86 bits per heavy atom. The monoisotopic (exact) mass is 412 g/mol. The molecule has 0 aliphatic heterocycles. The van der Waals surface area contributed by atoms with E-state index < -0.39 is 0 Å². The summed E-state index contributed by atoms with van der Waals surface area (Å²) in [4.78, 5) is 16.0. The molecule has 0 heterocycles. The van der Waals surface area contributed by atoms with Gasteiger partial charge < -0.3 is 16.0 Å². The average Bonchev–Trinajstić information content (AvgIpc) is 2.50. The van der Waals surface area contributed by atoms with E-state index in [0.717, 1.165) is 12.1 Å². The molecule has 5 nitrogen and oxygen atoms in total. The van der Waals surface area contributed by atoms with Crippen molar-refractivity contribution < 1.29 is 4.79 Å². The second-order valence-electron chi connectivity index (χ2n) is 4.14. The van der Waals surface area contributed by atoms with Crippen LogP contribution < -0.4 is 16.0 Å². The first-order chi connectivity index (χ1) is 10.2. The lowest BCUT2D eigenvalue weighted by atomic mass is 10.2. The van der Waals surface area contributed by atoms with E-state index in [1.807, 2.05) is 6.92 Å². The molecule has 1 rings (SSSR count). The largest absolute Gasteiger partial charge is 0.357 e. The van der Waals surface area contributed by atoms with Gasteiger partial charge in [-0.3, -0.25) is 4.79 Å². The van der Waals surface area contributed by atoms with E-state index in [0.29, 0.717) is 18.2 Å². The Balaban J connectivity index is 0.00000441. The van der Waals surface area contributed by atoms with Crippen molar-refractivity contribution in [2.75, 3.05) is 25.0 Å². The number of guanidine groups is 1. The highest BCUT2D eigenvalue weighted by Crippen LogP contribution is 2.09. The fraction of sp³-hybridized carbons (Fsp3) is 0.250. The fourth-order valence-electron chi connectivity index (χ4n) is 1.55. The maximum atomic E-state index is 11.8. The molecular formula is C16H21IN4O. The van der Waals surface area contributed by atoms with Gasteiger partial charge in [0.25, 0.3) is 0 Å². The van der Waals surface area contributed by atoms with Crippen LogP contribution in [0, 0.1) is 12.3 Å². The number of nitrogens with one attached hydrogen (secondary N) is 3. The molecule has 1 amide bonds. The van der Waals surface area contributed by atoms with E-state index in [1.165, 1.54) is 0 Å². The zero-order chi connectivity index (χ0) is 15.5. The first-order valence-corrected chi connectivity index (χ1v) is 6.69. The Kier molecular flexibility index (Phi) is 10.6. The van der Waals surface area contributed by atoms with Crippen LogP contribution in [0.2, 0.25) is 0 Å². The Morgan fingerprint density at radius 1 is 1.45 bits per heavy atom.